The molecule has 0 spiro atoms. The van der Waals surface area contributed by atoms with Gasteiger partial charge in [0, 0.05) is 30.6 Å². The third-order valence-corrected chi connectivity index (χ3v) is 5.33. The molecular formula is C21H28O6. The van der Waals surface area contributed by atoms with Crippen molar-refractivity contribution in [3.63, 3.8) is 0 Å². The molecule has 148 valence electrons. The van der Waals surface area contributed by atoms with Gasteiger partial charge in [0.05, 0.1) is 12.0 Å². The third kappa shape index (κ3) is 4.95. The first-order valence-electron chi connectivity index (χ1n) is 9.29. The van der Waals surface area contributed by atoms with Crippen LogP contribution in [0.3, 0.4) is 0 Å². The van der Waals surface area contributed by atoms with Crippen LogP contribution in [0.15, 0.2) is 36.0 Å². The summed E-state index contributed by atoms with van der Waals surface area (Å²) in [6.07, 6.45) is 2.63. The van der Waals surface area contributed by atoms with Crippen LogP contribution in [0.5, 0.6) is 0 Å². The first-order chi connectivity index (χ1) is 12.8. The Bertz CT molecular complexity index is 674. The average molecular weight is 376 g/mol. The van der Waals surface area contributed by atoms with Gasteiger partial charge in [-0.05, 0) is 30.9 Å². The smallest absolute Gasteiger partial charge is 0.334 e. The lowest BCUT2D eigenvalue weighted by Gasteiger charge is -2.23. The average Bonchev–Trinajstić information content (AvgIpc) is 2.91. The molecule has 0 aromatic heterocycles. The van der Waals surface area contributed by atoms with Crippen molar-refractivity contribution in [3.05, 3.63) is 36.0 Å². The van der Waals surface area contributed by atoms with Gasteiger partial charge < -0.3 is 14.2 Å². The molecule has 0 aromatic rings. The van der Waals surface area contributed by atoms with E-state index in [-0.39, 0.29) is 36.3 Å². The molecule has 6 heteroatoms. The first kappa shape index (κ1) is 21.1. The van der Waals surface area contributed by atoms with Gasteiger partial charge in [0.2, 0.25) is 0 Å². The minimum Gasteiger partial charge on any atom is -0.461 e. The van der Waals surface area contributed by atoms with Gasteiger partial charge in [0.15, 0.2) is 5.78 Å². The van der Waals surface area contributed by atoms with Gasteiger partial charge in [-0.15, -0.1) is 0 Å². The quantitative estimate of drug-likeness (QED) is 0.417. The van der Waals surface area contributed by atoms with Crippen molar-refractivity contribution >= 4 is 17.7 Å². The van der Waals surface area contributed by atoms with Crippen molar-refractivity contribution < 1.29 is 28.6 Å². The Kier molecular flexibility index (Phi) is 7.13. The summed E-state index contributed by atoms with van der Waals surface area (Å²) in [7, 11) is 1.53. The van der Waals surface area contributed by atoms with E-state index in [9.17, 15) is 14.4 Å². The van der Waals surface area contributed by atoms with E-state index in [1.165, 1.54) is 7.11 Å². The van der Waals surface area contributed by atoms with Crippen molar-refractivity contribution in [1.29, 1.82) is 0 Å². The summed E-state index contributed by atoms with van der Waals surface area (Å²) in [6.45, 7) is 11.5. The van der Waals surface area contributed by atoms with Gasteiger partial charge in [-0.1, -0.05) is 27.0 Å². The number of Topliss-reactive ketones (excluding diaryl/α,β-unsaturated/α-hetero) is 1. The predicted molar refractivity (Wildman–Crippen MR) is 99.8 cm³/mol. The number of hydrogen-bond donors (Lipinski definition) is 0. The minimum absolute atomic E-state index is 0.0877. The Hall–Kier alpha value is -2.21. The lowest BCUT2D eigenvalue weighted by Crippen LogP contribution is -2.27. The van der Waals surface area contributed by atoms with Gasteiger partial charge >= 0.3 is 11.9 Å². The Morgan fingerprint density at radius 1 is 1.33 bits per heavy atom. The SMILES string of the molecule is C=C1C(=O)C[C@H]2C(=C)C(=O)O[C@@H]2/C=C(/COC(=O)[C@H](C)CC)CC[C@H]1OC. The van der Waals surface area contributed by atoms with E-state index in [4.69, 9.17) is 14.2 Å². The van der Waals surface area contributed by atoms with Crippen LogP contribution in [-0.2, 0) is 28.6 Å². The van der Waals surface area contributed by atoms with Crippen LogP contribution in [0, 0.1) is 11.8 Å². The maximum atomic E-state index is 12.5. The third-order valence-electron chi connectivity index (χ3n) is 5.33. The predicted octanol–water partition coefficient (Wildman–Crippen LogP) is 2.92. The van der Waals surface area contributed by atoms with E-state index in [2.05, 4.69) is 13.2 Å². The summed E-state index contributed by atoms with van der Waals surface area (Å²) in [4.78, 5) is 36.5. The van der Waals surface area contributed by atoms with Gasteiger partial charge in [-0.25, -0.2) is 4.79 Å². The highest BCUT2D eigenvalue weighted by Gasteiger charge is 2.40. The number of ether oxygens (including phenoxy) is 3. The molecule has 1 fully saturated rings. The zero-order chi connectivity index (χ0) is 20.1. The fourth-order valence-corrected chi connectivity index (χ4v) is 3.19. The molecule has 0 radical (unpaired) electrons. The fraction of sp³-hybridized carbons (Fsp3) is 0.571. The topological polar surface area (TPSA) is 78.9 Å². The van der Waals surface area contributed by atoms with Gasteiger partial charge in [0.25, 0.3) is 0 Å². The number of methoxy groups -OCH3 is 1. The van der Waals surface area contributed by atoms with E-state index in [0.29, 0.717) is 24.8 Å². The molecule has 2 aliphatic rings. The van der Waals surface area contributed by atoms with Crippen LogP contribution < -0.4 is 0 Å². The molecule has 27 heavy (non-hydrogen) atoms. The van der Waals surface area contributed by atoms with E-state index in [0.717, 1.165) is 5.57 Å². The number of fused-ring (bicyclic) bond motifs is 1. The highest BCUT2D eigenvalue weighted by Crippen LogP contribution is 2.34. The molecule has 1 aliphatic carbocycles. The lowest BCUT2D eigenvalue weighted by molar-refractivity contribution is -0.147. The fourth-order valence-electron chi connectivity index (χ4n) is 3.19. The van der Waals surface area contributed by atoms with E-state index in [1.807, 2.05) is 13.8 Å². The Labute approximate surface area is 160 Å². The summed E-state index contributed by atoms with van der Waals surface area (Å²) in [5.41, 5.74) is 1.48. The highest BCUT2D eigenvalue weighted by atomic mass is 16.6. The molecule has 6 nitrogen and oxygen atoms in total. The molecule has 0 N–H and O–H groups in total. The normalized spacial score (nSPS) is 29.4. The van der Waals surface area contributed by atoms with Gasteiger partial charge in [-0.2, -0.15) is 0 Å². The van der Waals surface area contributed by atoms with Gasteiger partial charge in [-0.3, -0.25) is 9.59 Å². The van der Waals surface area contributed by atoms with Crippen molar-refractivity contribution in [2.24, 2.45) is 11.8 Å². The molecule has 4 atom stereocenters. The van der Waals surface area contributed by atoms with Crippen LogP contribution in [0.1, 0.15) is 39.5 Å². The summed E-state index contributed by atoms with van der Waals surface area (Å²) in [6, 6.07) is 0. The first-order valence-corrected chi connectivity index (χ1v) is 9.29. The maximum absolute atomic E-state index is 12.5. The molecule has 0 amide bonds. The van der Waals surface area contributed by atoms with E-state index < -0.39 is 24.1 Å². The van der Waals surface area contributed by atoms with E-state index in [1.54, 1.807) is 6.08 Å². The van der Waals surface area contributed by atoms with Crippen molar-refractivity contribution in [1.82, 2.24) is 0 Å². The maximum Gasteiger partial charge on any atom is 0.334 e. The van der Waals surface area contributed by atoms with Crippen molar-refractivity contribution in [3.8, 4) is 0 Å². The molecule has 0 aromatic carbocycles. The molecule has 0 unspecified atom stereocenters. The molecule has 2 rings (SSSR count). The summed E-state index contributed by atoms with van der Waals surface area (Å²) < 4.78 is 16.2. The zero-order valence-corrected chi connectivity index (χ0v) is 16.3. The molecule has 0 saturated carbocycles. The molecule has 1 heterocycles. The van der Waals surface area contributed by atoms with Crippen LogP contribution in [0.4, 0.5) is 0 Å². The molecule has 1 aliphatic heterocycles. The zero-order valence-electron chi connectivity index (χ0n) is 16.3. The summed E-state index contributed by atoms with van der Waals surface area (Å²) >= 11 is 0. The second-order valence-corrected chi connectivity index (χ2v) is 7.16. The largest absolute Gasteiger partial charge is 0.461 e. The second-order valence-electron chi connectivity index (χ2n) is 7.16. The minimum atomic E-state index is -0.585. The number of esters is 2. The lowest BCUT2D eigenvalue weighted by atomic mass is 9.85. The summed E-state index contributed by atoms with van der Waals surface area (Å²) in [5, 5.41) is 0. The molecule has 1 saturated heterocycles. The monoisotopic (exact) mass is 376 g/mol. The van der Waals surface area contributed by atoms with Crippen molar-refractivity contribution in [2.75, 3.05) is 13.7 Å². The molecule has 0 bridgehead atoms. The molecular weight excluding hydrogens is 348 g/mol. The van der Waals surface area contributed by atoms with Gasteiger partial charge in [0.1, 0.15) is 12.7 Å². The standard InChI is InChI=1S/C21H28O6/c1-6-12(2)20(23)26-11-15-7-8-18(25-5)14(4)17(22)10-16-13(3)21(24)27-19(16)9-15/h9,12,16,18-19H,3-4,6-8,10-11H2,1-2,5H3/b15-9+/t12-,16+,18-,19-/m1/s1. The number of carbonyl (C=O) groups excluding carboxylic acids is 3. The van der Waals surface area contributed by atoms with Crippen LogP contribution in [0.25, 0.3) is 0 Å². The number of hydrogen-bond acceptors (Lipinski definition) is 6. The highest BCUT2D eigenvalue weighted by molar-refractivity contribution is 5.98. The Balaban J connectivity index is 2.26. The number of rotatable bonds is 5. The Morgan fingerprint density at radius 3 is 2.67 bits per heavy atom. The van der Waals surface area contributed by atoms with Crippen LogP contribution in [0.2, 0.25) is 0 Å². The van der Waals surface area contributed by atoms with E-state index >= 15 is 0 Å². The summed E-state index contributed by atoms with van der Waals surface area (Å²) in [5.74, 6) is -1.54. The second kappa shape index (κ2) is 9.13. The van der Waals surface area contributed by atoms with Crippen LogP contribution in [-0.4, -0.2) is 43.6 Å². The number of carbonyl (C=O) groups is 3. The number of ketones is 1. The van der Waals surface area contributed by atoms with Crippen LogP contribution >= 0.6 is 0 Å². The Morgan fingerprint density at radius 2 is 2.04 bits per heavy atom. The van der Waals surface area contributed by atoms with Crippen molar-refractivity contribution in [2.45, 2.75) is 51.7 Å².